The molecule has 0 spiro atoms. The number of isocyanates is 2. The molecule has 0 rings (SSSR count). The van der Waals surface area contributed by atoms with E-state index in [1.807, 2.05) is 0 Å². The van der Waals surface area contributed by atoms with E-state index in [1.54, 1.807) is 6.92 Å². The monoisotopic (exact) mass is 142 g/mol. The van der Waals surface area contributed by atoms with Gasteiger partial charge in [0.2, 0.25) is 6.08 Å². The first-order chi connectivity index (χ1) is 4.81. The SMILES string of the molecule is CC(CN=C=O)ON=C=O. The maximum absolute atomic E-state index is 9.53. The maximum atomic E-state index is 9.53. The van der Waals surface area contributed by atoms with Gasteiger partial charge in [-0.05, 0) is 6.92 Å². The van der Waals surface area contributed by atoms with E-state index in [9.17, 15) is 9.59 Å². The minimum absolute atomic E-state index is 0.147. The molecule has 10 heavy (non-hydrogen) atoms. The average Bonchev–Trinajstić information content (AvgIpc) is 1.97. The molecule has 0 heterocycles. The molecule has 0 aromatic rings. The summed E-state index contributed by atoms with van der Waals surface area (Å²) in [4.78, 5) is 26.6. The van der Waals surface area contributed by atoms with Crippen molar-refractivity contribution in [3.05, 3.63) is 0 Å². The summed E-state index contributed by atoms with van der Waals surface area (Å²) in [5.41, 5.74) is 0. The number of hydrogen-bond acceptors (Lipinski definition) is 5. The summed E-state index contributed by atoms with van der Waals surface area (Å²) in [6.07, 6.45) is 2.13. The summed E-state index contributed by atoms with van der Waals surface area (Å²) in [5, 5.41) is 2.83. The molecular formula is C5H6N2O3. The van der Waals surface area contributed by atoms with Crippen LogP contribution < -0.4 is 0 Å². The second-order valence-electron chi connectivity index (χ2n) is 1.53. The standard InChI is InChI=1S/C5H6N2O3/c1-5(2-6-3-8)10-7-4-9/h5H,2H2,1H3. The molecule has 0 saturated heterocycles. The van der Waals surface area contributed by atoms with E-state index in [-0.39, 0.29) is 12.6 Å². The predicted octanol–water partition coefficient (Wildman–Crippen LogP) is -0.0219. The Morgan fingerprint density at radius 2 is 2.20 bits per heavy atom. The van der Waals surface area contributed by atoms with Crippen LogP contribution in [-0.4, -0.2) is 24.8 Å². The van der Waals surface area contributed by atoms with Crippen molar-refractivity contribution in [3.8, 4) is 0 Å². The van der Waals surface area contributed by atoms with Gasteiger partial charge in [0.1, 0.15) is 6.10 Å². The molecule has 0 fully saturated rings. The van der Waals surface area contributed by atoms with Gasteiger partial charge in [0.25, 0.3) is 6.08 Å². The van der Waals surface area contributed by atoms with Crippen LogP contribution >= 0.6 is 0 Å². The Labute approximate surface area is 57.4 Å². The van der Waals surface area contributed by atoms with Gasteiger partial charge < -0.3 is 4.84 Å². The van der Waals surface area contributed by atoms with Gasteiger partial charge in [-0.25, -0.2) is 14.6 Å². The summed E-state index contributed by atoms with van der Waals surface area (Å²) >= 11 is 0. The van der Waals surface area contributed by atoms with Crippen LogP contribution in [0.25, 0.3) is 0 Å². The van der Waals surface area contributed by atoms with E-state index in [0.29, 0.717) is 0 Å². The fourth-order valence-corrected chi connectivity index (χ4v) is 0.311. The fourth-order valence-electron chi connectivity index (χ4n) is 0.311. The molecule has 0 saturated carbocycles. The van der Waals surface area contributed by atoms with Crippen LogP contribution in [0.2, 0.25) is 0 Å². The van der Waals surface area contributed by atoms with Crippen LogP contribution in [0.5, 0.6) is 0 Å². The normalized spacial score (nSPS) is 10.5. The van der Waals surface area contributed by atoms with Crippen molar-refractivity contribution in [2.45, 2.75) is 13.0 Å². The number of carbonyl (C=O) groups excluding carboxylic acids is 2. The summed E-state index contributed by atoms with van der Waals surface area (Å²) < 4.78 is 0. The molecule has 0 aliphatic rings. The average molecular weight is 142 g/mol. The molecule has 0 bridgehead atoms. The Hall–Kier alpha value is -1.44. The number of nitrogens with zero attached hydrogens (tertiary/aromatic N) is 2. The highest BCUT2D eigenvalue weighted by Gasteiger charge is 1.97. The van der Waals surface area contributed by atoms with Crippen LogP contribution in [0, 0.1) is 0 Å². The quantitative estimate of drug-likeness (QED) is 0.314. The molecule has 0 aliphatic carbocycles. The van der Waals surface area contributed by atoms with Gasteiger partial charge in [-0.1, -0.05) is 0 Å². The van der Waals surface area contributed by atoms with Crippen LogP contribution in [0.1, 0.15) is 6.92 Å². The molecule has 0 N–H and O–H groups in total. The lowest BCUT2D eigenvalue weighted by molar-refractivity contribution is 0.0787. The Balaban J connectivity index is 3.52. The Morgan fingerprint density at radius 3 is 2.70 bits per heavy atom. The molecule has 0 aromatic carbocycles. The number of rotatable bonds is 4. The summed E-state index contributed by atoms with van der Waals surface area (Å²) in [6, 6.07) is 0. The second-order valence-corrected chi connectivity index (χ2v) is 1.53. The van der Waals surface area contributed by atoms with Gasteiger partial charge in [-0.3, -0.25) is 0 Å². The topological polar surface area (TPSA) is 68.1 Å². The molecule has 1 unspecified atom stereocenters. The van der Waals surface area contributed by atoms with Gasteiger partial charge in [0.15, 0.2) is 0 Å². The van der Waals surface area contributed by atoms with Crippen LogP contribution in [0.3, 0.4) is 0 Å². The summed E-state index contributed by atoms with van der Waals surface area (Å²) in [6.45, 7) is 1.76. The van der Waals surface area contributed by atoms with Gasteiger partial charge in [0, 0.05) is 5.16 Å². The highest BCUT2D eigenvalue weighted by molar-refractivity contribution is 5.33. The minimum atomic E-state index is -0.386. The maximum Gasteiger partial charge on any atom is 0.276 e. The molecule has 0 aliphatic heterocycles. The van der Waals surface area contributed by atoms with Gasteiger partial charge in [-0.15, -0.1) is 0 Å². The van der Waals surface area contributed by atoms with Crippen molar-refractivity contribution in [3.63, 3.8) is 0 Å². The molecule has 0 aromatic heterocycles. The Morgan fingerprint density at radius 1 is 1.50 bits per heavy atom. The molecule has 5 nitrogen and oxygen atoms in total. The largest absolute Gasteiger partial charge is 0.381 e. The third-order valence-electron chi connectivity index (χ3n) is 0.683. The zero-order chi connectivity index (χ0) is 7.82. The lowest BCUT2D eigenvalue weighted by Gasteiger charge is -2.00. The van der Waals surface area contributed by atoms with E-state index in [4.69, 9.17) is 0 Å². The number of aliphatic imine (C=N–C) groups is 1. The number of hydrogen-bond donors (Lipinski definition) is 0. The van der Waals surface area contributed by atoms with E-state index < -0.39 is 0 Å². The third kappa shape index (κ3) is 4.71. The Bertz CT molecular complexity index is 159. The lowest BCUT2D eigenvalue weighted by Crippen LogP contribution is -2.07. The first-order valence-electron chi connectivity index (χ1n) is 2.58. The van der Waals surface area contributed by atoms with Crippen LogP contribution in [-0.2, 0) is 14.4 Å². The van der Waals surface area contributed by atoms with Crippen molar-refractivity contribution in [1.29, 1.82) is 0 Å². The van der Waals surface area contributed by atoms with Crippen LogP contribution in [0.15, 0.2) is 10.1 Å². The molecule has 1 atom stereocenters. The first-order valence-corrected chi connectivity index (χ1v) is 2.58. The lowest BCUT2D eigenvalue weighted by atomic mass is 10.4. The van der Waals surface area contributed by atoms with Gasteiger partial charge in [-0.2, -0.15) is 0 Å². The summed E-state index contributed by atoms with van der Waals surface area (Å²) in [7, 11) is 0. The predicted molar refractivity (Wildman–Crippen MR) is 31.7 cm³/mol. The smallest absolute Gasteiger partial charge is 0.276 e. The highest BCUT2D eigenvalue weighted by Crippen LogP contribution is 1.89. The van der Waals surface area contributed by atoms with Crippen LogP contribution in [0.4, 0.5) is 0 Å². The van der Waals surface area contributed by atoms with Crippen molar-refractivity contribution < 1.29 is 14.4 Å². The van der Waals surface area contributed by atoms with Crippen molar-refractivity contribution >= 4 is 12.2 Å². The Kier molecular flexibility index (Phi) is 4.87. The molecule has 0 radical (unpaired) electrons. The van der Waals surface area contributed by atoms with E-state index in [1.165, 1.54) is 12.2 Å². The van der Waals surface area contributed by atoms with Gasteiger partial charge >= 0.3 is 0 Å². The zero-order valence-electron chi connectivity index (χ0n) is 5.40. The second kappa shape index (κ2) is 5.69. The summed E-state index contributed by atoms with van der Waals surface area (Å²) in [5.74, 6) is 0. The van der Waals surface area contributed by atoms with E-state index >= 15 is 0 Å². The zero-order valence-corrected chi connectivity index (χ0v) is 5.40. The molecule has 5 heteroatoms. The first kappa shape index (κ1) is 8.56. The van der Waals surface area contributed by atoms with E-state index in [0.717, 1.165) is 0 Å². The van der Waals surface area contributed by atoms with E-state index in [2.05, 4.69) is 15.0 Å². The van der Waals surface area contributed by atoms with Crippen molar-refractivity contribution in [1.82, 2.24) is 0 Å². The molecular weight excluding hydrogens is 136 g/mol. The minimum Gasteiger partial charge on any atom is -0.381 e. The fraction of sp³-hybridized carbons (Fsp3) is 0.600. The third-order valence-corrected chi connectivity index (χ3v) is 0.683. The van der Waals surface area contributed by atoms with Crippen molar-refractivity contribution in [2.75, 3.05) is 6.54 Å². The molecule has 0 amide bonds. The highest BCUT2D eigenvalue weighted by atomic mass is 16.6. The molecule has 54 valence electrons. The van der Waals surface area contributed by atoms with Gasteiger partial charge in [0.05, 0.1) is 6.54 Å². The van der Waals surface area contributed by atoms with Crippen molar-refractivity contribution in [2.24, 2.45) is 10.1 Å².